The molecule has 0 heteroatoms. The lowest BCUT2D eigenvalue weighted by molar-refractivity contribution is 1.11. The first-order valence-electron chi connectivity index (χ1n) is 5.64. The third kappa shape index (κ3) is 1.45. The summed E-state index contributed by atoms with van der Waals surface area (Å²) >= 11 is 0. The summed E-state index contributed by atoms with van der Waals surface area (Å²) in [5.41, 5.74) is 5.85. The molecule has 0 aliphatic heterocycles. The highest BCUT2D eigenvalue weighted by molar-refractivity contribution is 5.90. The molecule has 0 nitrogen and oxygen atoms in total. The van der Waals surface area contributed by atoms with Crippen molar-refractivity contribution in [1.82, 2.24) is 0 Å². The standard InChI is InChI=1S/C15H18/c1-5-13-11(3)10(2)12(4)14-8-6-7-9-15(13)14/h6-9H,5H2,1-4H3. The van der Waals surface area contributed by atoms with E-state index in [0.29, 0.717) is 0 Å². The molecule has 0 aromatic heterocycles. The van der Waals surface area contributed by atoms with Gasteiger partial charge in [-0.25, -0.2) is 0 Å². The molecule has 0 spiro atoms. The Kier molecular flexibility index (Phi) is 2.52. The van der Waals surface area contributed by atoms with Crippen LogP contribution in [0.5, 0.6) is 0 Å². The highest BCUT2D eigenvalue weighted by atomic mass is 14.1. The molecule has 15 heavy (non-hydrogen) atoms. The van der Waals surface area contributed by atoms with Gasteiger partial charge in [0.25, 0.3) is 0 Å². The second kappa shape index (κ2) is 3.69. The van der Waals surface area contributed by atoms with Crippen molar-refractivity contribution < 1.29 is 0 Å². The van der Waals surface area contributed by atoms with Crippen molar-refractivity contribution >= 4 is 10.8 Å². The van der Waals surface area contributed by atoms with E-state index in [-0.39, 0.29) is 0 Å². The molecule has 0 saturated heterocycles. The number of fused-ring (bicyclic) bond motifs is 1. The quantitative estimate of drug-likeness (QED) is 0.640. The van der Waals surface area contributed by atoms with E-state index in [4.69, 9.17) is 0 Å². The number of hydrogen-bond donors (Lipinski definition) is 0. The fourth-order valence-electron chi connectivity index (χ4n) is 2.44. The van der Waals surface area contributed by atoms with Gasteiger partial charge in [-0.2, -0.15) is 0 Å². The Labute approximate surface area is 91.9 Å². The summed E-state index contributed by atoms with van der Waals surface area (Å²) in [6, 6.07) is 8.74. The van der Waals surface area contributed by atoms with Crippen LogP contribution in [-0.4, -0.2) is 0 Å². The van der Waals surface area contributed by atoms with E-state index in [9.17, 15) is 0 Å². The van der Waals surface area contributed by atoms with Crippen molar-refractivity contribution in [2.45, 2.75) is 34.1 Å². The van der Waals surface area contributed by atoms with E-state index in [2.05, 4.69) is 52.0 Å². The van der Waals surface area contributed by atoms with Crippen LogP contribution >= 0.6 is 0 Å². The number of aryl methyl sites for hydroxylation is 2. The molecule has 78 valence electrons. The van der Waals surface area contributed by atoms with Crippen LogP contribution in [0.15, 0.2) is 24.3 Å². The fraction of sp³-hybridized carbons (Fsp3) is 0.333. The molecule has 2 aromatic carbocycles. The predicted molar refractivity (Wildman–Crippen MR) is 67.5 cm³/mol. The van der Waals surface area contributed by atoms with Crippen LogP contribution in [0, 0.1) is 20.8 Å². The third-order valence-electron chi connectivity index (χ3n) is 3.59. The van der Waals surface area contributed by atoms with Gasteiger partial charge in [0.1, 0.15) is 0 Å². The minimum Gasteiger partial charge on any atom is -0.0616 e. The minimum atomic E-state index is 1.12. The second-order valence-corrected chi connectivity index (χ2v) is 4.25. The molecule has 0 aliphatic rings. The Morgan fingerprint density at radius 3 is 2.00 bits per heavy atom. The summed E-state index contributed by atoms with van der Waals surface area (Å²) < 4.78 is 0. The van der Waals surface area contributed by atoms with E-state index in [1.807, 2.05) is 0 Å². The van der Waals surface area contributed by atoms with Gasteiger partial charge in [-0.1, -0.05) is 31.2 Å². The summed E-state index contributed by atoms with van der Waals surface area (Å²) in [7, 11) is 0. The molecule has 0 radical (unpaired) electrons. The number of benzene rings is 2. The minimum absolute atomic E-state index is 1.12. The van der Waals surface area contributed by atoms with E-state index in [1.165, 1.54) is 33.0 Å². The van der Waals surface area contributed by atoms with Crippen molar-refractivity contribution in [1.29, 1.82) is 0 Å². The average molecular weight is 198 g/mol. The summed E-state index contributed by atoms with van der Waals surface area (Å²) in [6.45, 7) is 8.94. The number of hydrogen-bond acceptors (Lipinski definition) is 0. The molecule has 0 amide bonds. The highest BCUT2D eigenvalue weighted by Crippen LogP contribution is 2.29. The third-order valence-corrected chi connectivity index (χ3v) is 3.59. The number of rotatable bonds is 1. The van der Waals surface area contributed by atoms with Gasteiger partial charge in [0.2, 0.25) is 0 Å². The van der Waals surface area contributed by atoms with E-state index >= 15 is 0 Å². The zero-order chi connectivity index (χ0) is 11.0. The van der Waals surface area contributed by atoms with E-state index in [0.717, 1.165) is 6.42 Å². The molecule has 0 unspecified atom stereocenters. The molecule has 2 rings (SSSR count). The predicted octanol–water partition coefficient (Wildman–Crippen LogP) is 4.33. The van der Waals surface area contributed by atoms with Crippen LogP contribution in [0.4, 0.5) is 0 Å². The summed E-state index contributed by atoms with van der Waals surface area (Å²) in [6.07, 6.45) is 1.12. The topological polar surface area (TPSA) is 0 Å². The Bertz CT molecular complexity index is 507. The van der Waals surface area contributed by atoms with Gasteiger partial charge in [-0.3, -0.25) is 0 Å². The van der Waals surface area contributed by atoms with E-state index in [1.54, 1.807) is 0 Å². The zero-order valence-electron chi connectivity index (χ0n) is 10.0. The van der Waals surface area contributed by atoms with Crippen molar-refractivity contribution in [2.75, 3.05) is 0 Å². The largest absolute Gasteiger partial charge is 0.0616 e. The molecular weight excluding hydrogens is 180 g/mol. The Morgan fingerprint density at radius 1 is 0.800 bits per heavy atom. The van der Waals surface area contributed by atoms with Crippen LogP contribution < -0.4 is 0 Å². The smallest absolute Gasteiger partial charge is 0.0147 e. The van der Waals surface area contributed by atoms with Gasteiger partial charge < -0.3 is 0 Å². The molecule has 0 N–H and O–H groups in total. The summed E-state index contributed by atoms with van der Waals surface area (Å²) in [5.74, 6) is 0. The molecule has 0 aliphatic carbocycles. The van der Waals surface area contributed by atoms with Crippen LogP contribution in [0.3, 0.4) is 0 Å². The summed E-state index contributed by atoms with van der Waals surface area (Å²) in [5, 5.41) is 2.85. The fourth-order valence-corrected chi connectivity index (χ4v) is 2.44. The lowest BCUT2D eigenvalue weighted by atomic mass is 9.90. The normalized spacial score (nSPS) is 10.9. The van der Waals surface area contributed by atoms with Crippen molar-refractivity contribution in [3.63, 3.8) is 0 Å². The van der Waals surface area contributed by atoms with E-state index < -0.39 is 0 Å². The first-order chi connectivity index (χ1) is 7.16. The Hall–Kier alpha value is -1.30. The SMILES string of the molecule is CCc1c(C)c(C)c(C)c2ccccc12. The van der Waals surface area contributed by atoms with Crippen molar-refractivity contribution in [3.8, 4) is 0 Å². The van der Waals surface area contributed by atoms with Gasteiger partial charge in [0.15, 0.2) is 0 Å². The van der Waals surface area contributed by atoms with Crippen LogP contribution in [0.25, 0.3) is 10.8 Å². The Morgan fingerprint density at radius 2 is 1.40 bits per heavy atom. The van der Waals surface area contributed by atoms with Gasteiger partial charge in [-0.05, 0) is 60.2 Å². The average Bonchev–Trinajstić information content (AvgIpc) is 2.27. The van der Waals surface area contributed by atoms with Crippen LogP contribution in [0.1, 0.15) is 29.2 Å². The van der Waals surface area contributed by atoms with Crippen LogP contribution in [0.2, 0.25) is 0 Å². The maximum Gasteiger partial charge on any atom is -0.0147 e. The van der Waals surface area contributed by atoms with Crippen LogP contribution in [-0.2, 0) is 6.42 Å². The molecule has 0 saturated carbocycles. The lowest BCUT2D eigenvalue weighted by Gasteiger charge is -2.15. The summed E-state index contributed by atoms with van der Waals surface area (Å²) in [4.78, 5) is 0. The van der Waals surface area contributed by atoms with Gasteiger partial charge >= 0.3 is 0 Å². The molecule has 2 aromatic rings. The highest BCUT2D eigenvalue weighted by Gasteiger charge is 2.09. The molecule has 0 atom stereocenters. The van der Waals surface area contributed by atoms with Gasteiger partial charge in [-0.15, -0.1) is 0 Å². The maximum atomic E-state index is 2.24. The van der Waals surface area contributed by atoms with Crippen molar-refractivity contribution in [2.24, 2.45) is 0 Å². The monoisotopic (exact) mass is 198 g/mol. The zero-order valence-corrected chi connectivity index (χ0v) is 10.0. The first-order valence-corrected chi connectivity index (χ1v) is 5.64. The molecule has 0 fully saturated rings. The molecule has 0 heterocycles. The Balaban J connectivity index is 2.98. The lowest BCUT2D eigenvalue weighted by Crippen LogP contribution is -1.96. The van der Waals surface area contributed by atoms with Crippen molar-refractivity contribution in [3.05, 3.63) is 46.5 Å². The first kappa shape index (κ1) is 10.2. The molecule has 0 bridgehead atoms. The van der Waals surface area contributed by atoms with Gasteiger partial charge in [0, 0.05) is 0 Å². The maximum absolute atomic E-state index is 2.24. The second-order valence-electron chi connectivity index (χ2n) is 4.25. The molecular formula is C15H18. The van der Waals surface area contributed by atoms with Gasteiger partial charge in [0.05, 0.1) is 0 Å².